The topological polar surface area (TPSA) is 120 Å². The van der Waals surface area contributed by atoms with E-state index in [1.807, 2.05) is 0 Å². The first-order chi connectivity index (χ1) is 11.0. The smallest absolute Gasteiger partial charge is 0.248 e. The van der Waals surface area contributed by atoms with Crippen molar-refractivity contribution in [2.45, 2.75) is 0 Å². The molecule has 0 atom stereocenters. The van der Waals surface area contributed by atoms with Gasteiger partial charge in [-0.15, -0.1) is 0 Å². The second-order valence-corrected chi connectivity index (χ2v) is 4.87. The molecule has 0 bridgehead atoms. The molecule has 0 unspecified atom stereocenters. The molecule has 1 amide bonds. The molecule has 1 rings (SSSR count). The predicted octanol–water partition coefficient (Wildman–Crippen LogP) is -0.608. The zero-order chi connectivity index (χ0) is 17.2. The fourth-order valence-corrected chi connectivity index (χ4v) is 1.40. The maximum atomic E-state index is 11.1. The van der Waals surface area contributed by atoms with Crippen molar-refractivity contribution in [3.8, 4) is 0 Å². The third-order valence-electron chi connectivity index (χ3n) is 2.50. The molecular weight excluding hydrogens is 398 g/mol. The molecule has 1 aromatic carbocycles. The van der Waals surface area contributed by atoms with Gasteiger partial charge in [-0.3, -0.25) is 15.4 Å². The van der Waals surface area contributed by atoms with Crippen LogP contribution in [0.25, 0.3) is 10.9 Å². The van der Waals surface area contributed by atoms with Gasteiger partial charge in [-0.25, -0.2) is 0 Å². The molecule has 11 heteroatoms. The first-order valence-corrected chi connectivity index (χ1v) is 7.27. The molecule has 4 N–H and O–H groups in total. The Morgan fingerprint density at radius 3 is 2.08 bits per heavy atom. The molecule has 0 aliphatic rings. The van der Waals surface area contributed by atoms with Crippen molar-refractivity contribution in [3.05, 3.63) is 46.2 Å². The molecule has 8 nitrogen and oxygen atoms in total. The molecule has 1 radical (unpaired) electrons. The van der Waals surface area contributed by atoms with Crippen molar-refractivity contribution in [2.75, 3.05) is 14.1 Å². The van der Waals surface area contributed by atoms with Gasteiger partial charge in [-0.05, 0) is 31.8 Å². The van der Waals surface area contributed by atoms with Crippen molar-refractivity contribution in [1.29, 1.82) is 0 Å². The molecule has 0 aromatic heterocycles. The van der Waals surface area contributed by atoms with Crippen molar-refractivity contribution >= 4 is 52.5 Å². The number of carbonyl (C=O) groups is 1. The van der Waals surface area contributed by atoms with E-state index in [1.165, 1.54) is 6.21 Å². The van der Waals surface area contributed by atoms with Crippen LogP contribution in [0.5, 0.6) is 0 Å². The molecule has 0 heterocycles. The second kappa shape index (κ2) is 11.7. The molecule has 0 saturated carbocycles. The third kappa shape index (κ3) is 7.68. The van der Waals surface area contributed by atoms with Gasteiger partial charge in [-0.2, -0.15) is 0 Å². The third-order valence-corrected chi connectivity index (χ3v) is 3.12. The van der Waals surface area contributed by atoms with Gasteiger partial charge in [0.2, 0.25) is 5.91 Å². The van der Waals surface area contributed by atoms with Crippen molar-refractivity contribution in [1.82, 2.24) is 10.6 Å². The van der Waals surface area contributed by atoms with E-state index in [9.17, 15) is 4.79 Å². The number of rotatable bonds is 5. The van der Waals surface area contributed by atoms with Gasteiger partial charge in [0, 0.05) is 28.8 Å². The number of primary amides is 1. The minimum Gasteiger partial charge on any atom is -0.515 e. The molecule has 0 aliphatic heterocycles. The average Bonchev–Trinajstić information content (AvgIpc) is 2.57. The fourth-order valence-electron chi connectivity index (χ4n) is 1.30. The van der Waals surface area contributed by atoms with Crippen molar-refractivity contribution < 1.29 is 21.9 Å². The van der Waals surface area contributed by atoms with E-state index >= 15 is 0 Å². The summed E-state index contributed by atoms with van der Waals surface area (Å²) in [6.45, 7) is 0. The largest absolute Gasteiger partial charge is 0.515 e. The minimum absolute atomic E-state index is 0. The normalized spacial score (nSPS) is 10.8. The van der Waals surface area contributed by atoms with Crippen molar-refractivity contribution in [2.24, 2.45) is 15.9 Å². The number of nitrogens with one attached hydrogen (secondary N) is 2. The number of amides is 1. The van der Waals surface area contributed by atoms with Crippen LogP contribution in [-0.4, -0.2) is 42.2 Å². The second-order valence-electron chi connectivity index (χ2n) is 4.02. The molecule has 0 fully saturated rings. The van der Waals surface area contributed by atoms with Crippen LogP contribution < -0.4 is 16.4 Å². The quantitative estimate of drug-likeness (QED) is 0.149. The van der Waals surface area contributed by atoms with Gasteiger partial charge in [0.1, 0.15) is 0 Å². The van der Waals surface area contributed by atoms with Crippen LogP contribution in [0, 0.1) is 0 Å². The summed E-state index contributed by atoms with van der Waals surface area (Å²) in [7, 11) is 3.34. The summed E-state index contributed by atoms with van der Waals surface area (Å²) in [5, 5.41) is 14.0. The van der Waals surface area contributed by atoms with Gasteiger partial charge in [0.15, 0.2) is 34.7 Å². The summed E-state index contributed by atoms with van der Waals surface area (Å²) < 4.78 is 0. The van der Waals surface area contributed by atoms with Crippen LogP contribution in [0.2, 0.25) is 0 Å². The van der Waals surface area contributed by atoms with Gasteiger partial charge in [-0.1, -0.05) is 12.1 Å². The molecule has 0 spiro atoms. The Balaban J connectivity index is 0.00000529. The van der Waals surface area contributed by atoms with Crippen LogP contribution in [0.1, 0.15) is 15.9 Å². The monoisotopic (exact) mass is 414 g/mol. The zero-order valence-electron chi connectivity index (χ0n) is 12.9. The maximum Gasteiger partial charge on any atom is 0.248 e. The van der Waals surface area contributed by atoms with Crippen LogP contribution in [0.4, 0.5) is 0 Å². The zero-order valence-corrected chi connectivity index (χ0v) is 15.6. The average molecular weight is 415 g/mol. The van der Waals surface area contributed by atoms with E-state index in [-0.39, 0.29) is 17.1 Å². The number of nitrogens with two attached hydrogens (primary N) is 1. The van der Waals surface area contributed by atoms with Crippen LogP contribution in [-0.2, 0) is 41.5 Å². The Labute approximate surface area is 161 Å². The van der Waals surface area contributed by atoms with Crippen LogP contribution >= 0.6 is 0 Å². The summed E-state index contributed by atoms with van der Waals surface area (Å²) in [5.74, 6) is -0.507. The summed E-state index contributed by atoms with van der Waals surface area (Å²) in [5.41, 5.74) is 14.4. The number of nitrogens with zero attached hydrogens (tertiary/aromatic N) is 4. The Morgan fingerprint density at radius 2 is 1.58 bits per heavy atom. The van der Waals surface area contributed by atoms with Gasteiger partial charge in [0.25, 0.3) is 0 Å². The molecule has 24 heavy (non-hydrogen) atoms. The SMILES string of the molecule is CNC(=[SH+])[N-]N=CC(=N[N-]C(=[SH+])NC)c1ccc(C(N)=O)cc1.[Cu]. The molecular formula is C13H17CuN7OS2. The molecule has 1 aromatic rings. The summed E-state index contributed by atoms with van der Waals surface area (Å²) in [6, 6.07) is 6.54. The van der Waals surface area contributed by atoms with E-state index in [4.69, 9.17) is 5.73 Å². The van der Waals surface area contributed by atoms with Crippen LogP contribution in [0.15, 0.2) is 34.5 Å². The van der Waals surface area contributed by atoms with Crippen molar-refractivity contribution in [3.63, 3.8) is 0 Å². The molecule has 0 aliphatic carbocycles. The first kappa shape index (κ1) is 22.2. The van der Waals surface area contributed by atoms with Gasteiger partial charge >= 0.3 is 0 Å². The van der Waals surface area contributed by atoms with E-state index in [2.05, 4.69) is 56.1 Å². The number of hydrogen-bond donors (Lipinski definition) is 3. The Hall–Kier alpha value is -1.75. The Morgan fingerprint density at radius 1 is 1.08 bits per heavy atom. The first-order valence-electron chi connectivity index (χ1n) is 6.38. The van der Waals surface area contributed by atoms with E-state index in [1.54, 1.807) is 38.4 Å². The predicted molar refractivity (Wildman–Crippen MR) is 102 cm³/mol. The number of thiol groups is 2. The van der Waals surface area contributed by atoms with E-state index < -0.39 is 5.91 Å². The molecule has 0 saturated heterocycles. The van der Waals surface area contributed by atoms with E-state index in [0.29, 0.717) is 27.1 Å². The summed E-state index contributed by atoms with van der Waals surface area (Å²) in [4.78, 5) is 11.1. The molecule has 133 valence electrons. The number of carbonyl (C=O) groups excluding carboxylic acids is 1. The summed E-state index contributed by atoms with van der Waals surface area (Å²) in [6.07, 6.45) is 1.41. The standard InChI is InChI=1S/C13H17N7OS2.Cu/c1-15-12(22)19-17-7-10(18-20-13(23)16-2)8-3-5-9(6-4-8)11(14)21;/h3-7H,1-2H3,(H6,14,15,16,17,18,19,20,21,22,23);. The summed E-state index contributed by atoms with van der Waals surface area (Å²) >= 11 is 8.12. The fraction of sp³-hybridized carbons (Fsp3) is 0.154. The minimum atomic E-state index is -0.507. The van der Waals surface area contributed by atoms with E-state index in [0.717, 1.165) is 0 Å². The maximum absolute atomic E-state index is 11.1. The number of hydrogen-bond acceptors (Lipinski definition) is 3. The van der Waals surface area contributed by atoms with Gasteiger partial charge in [0.05, 0.1) is 5.71 Å². The number of benzene rings is 1. The Kier molecular flexibility index (Phi) is 10.9. The van der Waals surface area contributed by atoms with Crippen LogP contribution in [0.3, 0.4) is 0 Å². The Bertz CT molecular complexity index is 646. The van der Waals surface area contributed by atoms with Gasteiger partial charge < -0.3 is 26.8 Å².